The van der Waals surface area contributed by atoms with Crippen molar-refractivity contribution in [3.05, 3.63) is 35.5 Å². The van der Waals surface area contributed by atoms with Gasteiger partial charge in [-0.2, -0.15) is 0 Å². The summed E-state index contributed by atoms with van der Waals surface area (Å²) in [4.78, 5) is 0. The van der Waals surface area contributed by atoms with Crippen molar-refractivity contribution in [2.24, 2.45) is 5.41 Å². The van der Waals surface area contributed by atoms with Crippen molar-refractivity contribution in [3.8, 4) is 0 Å². The molecule has 1 rings (SSSR count). The molecule has 2 heteroatoms. The second-order valence-electron chi connectivity index (χ2n) is 4.52. The first-order valence-corrected chi connectivity index (χ1v) is 5.77. The summed E-state index contributed by atoms with van der Waals surface area (Å²) >= 11 is 4.73. The molecule has 0 aromatic carbocycles. The lowest BCUT2D eigenvalue weighted by Gasteiger charge is -2.15. The van der Waals surface area contributed by atoms with E-state index in [-0.39, 0.29) is 5.41 Å². The van der Waals surface area contributed by atoms with E-state index in [0.29, 0.717) is 0 Å². The third-order valence-electron chi connectivity index (χ3n) is 2.54. The van der Waals surface area contributed by atoms with E-state index in [1.807, 2.05) is 0 Å². The van der Waals surface area contributed by atoms with Crippen molar-refractivity contribution in [1.29, 1.82) is 0 Å². The Labute approximate surface area is 98.0 Å². The lowest BCUT2D eigenvalue weighted by molar-refractivity contribution is 0.622. The fraction of sp³-hybridized carbons (Fsp3) is 0.462. The predicted octanol–water partition coefficient (Wildman–Crippen LogP) is 3.39. The molecule has 0 amide bonds. The normalized spacial score (nSPS) is 18.9. The van der Waals surface area contributed by atoms with Crippen LogP contribution in [0.15, 0.2) is 35.5 Å². The molecular weight excluding hydrogens is 202 g/mol. The van der Waals surface area contributed by atoms with Gasteiger partial charge in [0.05, 0.1) is 5.49 Å². The first kappa shape index (κ1) is 12.2. The van der Waals surface area contributed by atoms with Crippen LogP contribution in [-0.4, -0.2) is 12.0 Å². The van der Waals surface area contributed by atoms with Crippen LogP contribution < -0.4 is 5.32 Å². The Morgan fingerprint density at radius 1 is 1.47 bits per heavy atom. The molecule has 0 saturated heterocycles. The molecule has 0 spiro atoms. The Bertz CT molecular complexity index is 321. The lowest BCUT2D eigenvalue weighted by atomic mass is 9.90. The molecule has 0 aromatic heterocycles. The molecule has 1 N–H and O–H groups in total. The minimum absolute atomic E-state index is 0.167. The van der Waals surface area contributed by atoms with Crippen LogP contribution in [0.5, 0.6) is 0 Å². The Balaban J connectivity index is 2.70. The summed E-state index contributed by atoms with van der Waals surface area (Å²) < 4.78 is 0. The van der Waals surface area contributed by atoms with E-state index in [2.05, 4.69) is 50.4 Å². The fourth-order valence-corrected chi connectivity index (χ4v) is 1.91. The molecule has 15 heavy (non-hydrogen) atoms. The van der Waals surface area contributed by atoms with Gasteiger partial charge in [0.2, 0.25) is 0 Å². The van der Waals surface area contributed by atoms with E-state index < -0.39 is 0 Å². The fourth-order valence-electron chi connectivity index (χ4n) is 1.79. The minimum Gasteiger partial charge on any atom is -0.382 e. The van der Waals surface area contributed by atoms with E-state index in [9.17, 15) is 0 Å². The van der Waals surface area contributed by atoms with Gasteiger partial charge < -0.3 is 5.32 Å². The summed E-state index contributed by atoms with van der Waals surface area (Å²) in [5.41, 5.74) is 4.51. The van der Waals surface area contributed by atoms with Crippen molar-refractivity contribution in [2.75, 3.05) is 6.54 Å². The van der Waals surface area contributed by atoms with Gasteiger partial charge in [-0.25, -0.2) is 0 Å². The zero-order valence-corrected chi connectivity index (χ0v) is 10.5. The van der Waals surface area contributed by atoms with Crippen LogP contribution >= 0.6 is 12.2 Å². The monoisotopic (exact) mass is 221 g/mol. The summed E-state index contributed by atoms with van der Waals surface area (Å²) in [7, 11) is 0. The molecule has 0 aromatic rings. The van der Waals surface area contributed by atoms with Crippen molar-refractivity contribution in [3.63, 3.8) is 0 Å². The van der Waals surface area contributed by atoms with E-state index in [1.165, 1.54) is 11.1 Å². The molecule has 0 aliphatic heterocycles. The van der Waals surface area contributed by atoms with Gasteiger partial charge in [-0.1, -0.05) is 55.9 Å². The molecular formula is C13H19NS. The number of hydrogen-bond donors (Lipinski definition) is 1. The molecule has 0 heterocycles. The number of nitrogens with one attached hydrogen (secondary N) is 1. The molecule has 0 bridgehead atoms. The van der Waals surface area contributed by atoms with Gasteiger partial charge >= 0.3 is 0 Å². The summed E-state index contributed by atoms with van der Waals surface area (Å²) in [5.74, 6) is 0. The Kier molecular flexibility index (Phi) is 4.28. The van der Waals surface area contributed by atoms with Gasteiger partial charge in [-0.15, -0.1) is 0 Å². The van der Waals surface area contributed by atoms with E-state index in [4.69, 9.17) is 12.2 Å². The van der Waals surface area contributed by atoms with Crippen LogP contribution in [0.25, 0.3) is 0 Å². The molecule has 1 aliphatic carbocycles. The average Bonchev–Trinajstić information content (AvgIpc) is 2.25. The highest BCUT2D eigenvalue weighted by atomic mass is 32.1. The zero-order valence-electron chi connectivity index (χ0n) is 9.71. The van der Waals surface area contributed by atoms with E-state index in [0.717, 1.165) is 13.0 Å². The number of rotatable bonds is 4. The third kappa shape index (κ3) is 4.00. The Morgan fingerprint density at radius 3 is 2.87 bits per heavy atom. The number of allylic oxidation sites excluding steroid dienone is 5. The van der Waals surface area contributed by atoms with Gasteiger partial charge in [0.25, 0.3) is 0 Å². The van der Waals surface area contributed by atoms with E-state index >= 15 is 0 Å². The highest BCUT2D eigenvalue weighted by Gasteiger charge is 2.13. The average molecular weight is 221 g/mol. The van der Waals surface area contributed by atoms with Gasteiger partial charge in [0.15, 0.2) is 0 Å². The van der Waals surface area contributed by atoms with Crippen LogP contribution in [0, 0.1) is 5.41 Å². The quantitative estimate of drug-likeness (QED) is 0.577. The third-order valence-corrected chi connectivity index (χ3v) is 2.71. The molecule has 0 radical (unpaired) electrons. The maximum absolute atomic E-state index is 4.73. The molecule has 0 fully saturated rings. The van der Waals surface area contributed by atoms with Crippen LogP contribution in [0.4, 0.5) is 0 Å². The SMILES string of the molecule is CC1=CC(C)(C)C=CC=C1CCNC=S. The first-order valence-electron chi connectivity index (χ1n) is 5.30. The Morgan fingerprint density at radius 2 is 2.20 bits per heavy atom. The van der Waals surface area contributed by atoms with Crippen LogP contribution in [0.1, 0.15) is 27.2 Å². The second-order valence-corrected chi connectivity index (χ2v) is 4.76. The van der Waals surface area contributed by atoms with Gasteiger partial charge in [0.1, 0.15) is 0 Å². The smallest absolute Gasteiger partial charge is 0.0614 e. The summed E-state index contributed by atoms with van der Waals surface area (Å²) in [6, 6.07) is 0. The zero-order chi connectivity index (χ0) is 11.3. The highest BCUT2D eigenvalue weighted by molar-refractivity contribution is 7.78. The standard InChI is InChI=1S/C13H19NS/c1-11-9-13(2,3)7-4-5-12(11)6-8-14-10-15/h4-5,7,9-10H,6,8H2,1-3H3,(H,14,15). The van der Waals surface area contributed by atoms with Crippen LogP contribution in [0.2, 0.25) is 0 Å². The van der Waals surface area contributed by atoms with Gasteiger partial charge in [0, 0.05) is 12.0 Å². The molecule has 82 valence electrons. The highest BCUT2D eigenvalue weighted by Crippen LogP contribution is 2.27. The minimum atomic E-state index is 0.167. The van der Waals surface area contributed by atoms with Gasteiger partial charge in [-0.05, 0) is 18.9 Å². The predicted molar refractivity (Wildman–Crippen MR) is 71.0 cm³/mol. The number of thiocarbonyl (C=S) groups is 1. The first-order chi connectivity index (χ1) is 7.05. The molecule has 1 nitrogen and oxygen atoms in total. The molecule has 0 atom stereocenters. The van der Waals surface area contributed by atoms with Crippen LogP contribution in [0.3, 0.4) is 0 Å². The maximum Gasteiger partial charge on any atom is 0.0614 e. The number of hydrogen-bond acceptors (Lipinski definition) is 1. The summed E-state index contributed by atoms with van der Waals surface area (Å²) in [6.07, 6.45) is 9.93. The lowest BCUT2D eigenvalue weighted by Crippen LogP contribution is -2.12. The maximum atomic E-state index is 4.73. The van der Waals surface area contributed by atoms with Gasteiger partial charge in [-0.3, -0.25) is 0 Å². The topological polar surface area (TPSA) is 12.0 Å². The molecule has 0 saturated carbocycles. The second kappa shape index (κ2) is 5.26. The van der Waals surface area contributed by atoms with Crippen molar-refractivity contribution < 1.29 is 0 Å². The largest absolute Gasteiger partial charge is 0.382 e. The summed E-state index contributed by atoms with van der Waals surface area (Å²) in [6.45, 7) is 7.53. The van der Waals surface area contributed by atoms with E-state index in [1.54, 1.807) is 5.49 Å². The molecule has 1 aliphatic rings. The summed E-state index contributed by atoms with van der Waals surface area (Å²) in [5, 5.41) is 3.05. The van der Waals surface area contributed by atoms with Crippen LogP contribution in [-0.2, 0) is 0 Å². The molecule has 0 unspecified atom stereocenters. The Hall–Kier alpha value is -0.890. The van der Waals surface area contributed by atoms with Crippen molar-refractivity contribution in [1.82, 2.24) is 5.32 Å². The van der Waals surface area contributed by atoms with Crippen molar-refractivity contribution >= 4 is 17.7 Å². The van der Waals surface area contributed by atoms with Crippen molar-refractivity contribution in [2.45, 2.75) is 27.2 Å².